The first-order chi connectivity index (χ1) is 14.4. The number of carboxylic acids is 1. The van der Waals surface area contributed by atoms with E-state index in [2.05, 4.69) is 14.9 Å². The minimum atomic E-state index is -0.845. The van der Waals surface area contributed by atoms with Gasteiger partial charge < -0.3 is 19.6 Å². The van der Waals surface area contributed by atoms with Gasteiger partial charge in [0.05, 0.1) is 0 Å². The van der Waals surface area contributed by atoms with E-state index in [1.54, 1.807) is 23.4 Å². The molecule has 2 atom stereocenters. The smallest absolute Gasteiger partial charge is 0.303 e. The summed E-state index contributed by atoms with van der Waals surface area (Å²) in [5, 5.41) is 9.21. The molecule has 9 heteroatoms. The van der Waals surface area contributed by atoms with Crippen LogP contribution in [0, 0.1) is 17.2 Å². The highest BCUT2D eigenvalue weighted by atomic mass is 19.1. The van der Waals surface area contributed by atoms with Gasteiger partial charge in [-0.1, -0.05) is 0 Å². The van der Waals surface area contributed by atoms with Crippen molar-refractivity contribution in [1.82, 2.24) is 14.9 Å². The van der Waals surface area contributed by atoms with Crippen LogP contribution in [0.5, 0.6) is 5.75 Å². The maximum atomic E-state index is 13.0. The molecule has 2 aliphatic rings. The van der Waals surface area contributed by atoms with Crippen molar-refractivity contribution in [3.05, 3.63) is 48.5 Å². The lowest BCUT2D eigenvalue weighted by atomic mass is 9.77. The van der Waals surface area contributed by atoms with Crippen LogP contribution in [0.1, 0.15) is 12.8 Å². The lowest BCUT2D eigenvalue weighted by Crippen LogP contribution is -2.39. The van der Waals surface area contributed by atoms with Crippen molar-refractivity contribution in [1.29, 1.82) is 0 Å². The molecule has 1 aromatic carbocycles. The summed E-state index contributed by atoms with van der Waals surface area (Å²) in [7, 11) is 0. The fourth-order valence-corrected chi connectivity index (χ4v) is 4.46. The van der Waals surface area contributed by atoms with Gasteiger partial charge in [0.15, 0.2) is 6.61 Å². The normalized spacial score (nSPS) is 22.8. The van der Waals surface area contributed by atoms with Crippen LogP contribution in [0.2, 0.25) is 0 Å². The summed E-state index contributed by atoms with van der Waals surface area (Å²) in [5.41, 5.74) is -0.316. The van der Waals surface area contributed by atoms with Crippen molar-refractivity contribution >= 4 is 17.8 Å². The molecular formula is C21H23FN4O4. The number of likely N-dealkylation sites (tertiary alicyclic amines) is 1. The third-order valence-electron chi connectivity index (χ3n) is 5.96. The van der Waals surface area contributed by atoms with Crippen LogP contribution in [0.25, 0.3) is 0 Å². The van der Waals surface area contributed by atoms with Crippen molar-refractivity contribution in [3.8, 4) is 5.75 Å². The number of benzene rings is 1. The standard InChI is InChI=1S/C21H23FN4O4/c22-16-2-4-17(5-3-16)30-12-18(27)25-10-15-11-26(20-23-8-1-9-24-20)14-21(15,13-25)7-6-19(28)29/h1-5,8-9,15H,6-7,10-14H2,(H,28,29)/t15-,21+/m1/s1. The first-order valence-electron chi connectivity index (χ1n) is 9.85. The van der Waals surface area contributed by atoms with Crippen LogP contribution in [0.4, 0.5) is 10.3 Å². The second-order valence-corrected chi connectivity index (χ2v) is 7.90. The van der Waals surface area contributed by atoms with Crippen molar-refractivity contribution in [2.45, 2.75) is 12.8 Å². The first kappa shape index (κ1) is 20.1. The third-order valence-corrected chi connectivity index (χ3v) is 5.96. The molecule has 8 nitrogen and oxygen atoms in total. The predicted octanol–water partition coefficient (Wildman–Crippen LogP) is 1.82. The summed E-state index contributed by atoms with van der Waals surface area (Å²) < 4.78 is 18.5. The number of carboxylic acid groups (broad SMARTS) is 1. The lowest BCUT2D eigenvalue weighted by molar-refractivity contribution is -0.137. The average Bonchev–Trinajstić information content (AvgIpc) is 3.27. The van der Waals surface area contributed by atoms with Crippen LogP contribution >= 0.6 is 0 Å². The molecule has 2 saturated heterocycles. The summed E-state index contributed by atoms with van der Waals surface area (Å²) >= 11 is 0. The van der Waals surface area contributed by atoms with Crippen molar-refractivity contribution in [3.63, 3.8) is 0 Å². The van der Waals surface area contributed by atoms with Crippen molar-refractivity contribution in [2.24, 2.45) is 11.3 Å². The van der Waals surface area contributed by atoms with Gasteiger partial charge >= 0.3 is 5.97 Å². The van der Waals surface area contributed by atoms with E-state index in [1.807, 2.05) is 0 Å². The maximum absolute atomic E-state index is 13.0. The Kier molecular flexibility index (Phi) is 5.52. The number of amides is 1. The van der Waals surface area contributed by atoms with Crippen LogP contribution in [0.15, 0.2) is 42.7 Å². The molecule has 0 radical (unpaired) electrons. The van der Waals surface area contributed by atoms with Gasteiger partial charge in [-0.25, -0.2) is 14.4 Å². The highest BCUT2D eigenvalue weighted by Gasteiger charge is 2.53. The Bertz CT molecular complexity index is 911. The number of anilines is 1. The van der Waals surface area contributed by atoms with E-state index >= 15 is 0 Å². The SMILES string of the molecule is O=C(O)CC[C@@]12CN(C(=O)COc3ccc(F)cc3)C[C@@H]1CN(c1ncccn1)C2. The van der Waals surface area contributed by atoms with Gasteiger partial charge in [-0.05, 0) is 36.8 Å². The first-order valence-corrected chi connectivity index (χ1v) is 9.85. The fourth-order valence-electron chi connectivity index (χ4n) is 4.46. The Hall–Kier alpha value is -3.23. The van der Waals surface area contributed by atoms with E-state index in [0.717, 1.165) is 0 Å². The van der Waals surface area contributed by atoms with Gasteiger partial charge in [-0.3, -0.25) is 9.59 Å². The van der Waals surface area contributed by atoms with Gasteiger partial charge in [0, 0.05) is 56.3 Å². The van der Waals surface area contributed by atoms with Crippen LogP contribution < -0.4 is 9.64 Å². The number of hydrogen-bond acceptors (Lipinski definition) is 6. The monoisotopic (exact) mass is 414 g/mol. The minimum Gasteiger partial charge on any atom is -0.484 e. The summed E-state index contributed by atoms with van der Waals surface area (Å²) in [6, 6.07) is 7.27. The van der Waals surface area contributed by atoms with E-state index in [4.69, 9.17) is 4.74 Å². The van der Waals surface area contributed by atoms with E-state index in [9.17, 15) is 19.1 Å². The maximum Gasteiger partial charge on any atom is 0.303 e. The van der Waals surface area contributed by atoms with E-state index in [-0.39, 0.29) is 36.1 Å². The molecule has 3 heterocycles. The Morgan fingerprint density at radius 2 is 1.90 bits per heavy atom. The van der Waals surface area contributed by atoms with Gasteiger partial charge in [0.2, 0.25) is 5.95 Å². The summed E-state index contributed by atoms with van der Waals surface area (Å²) in [6.07, 6.45) is 3.90. The second-order valence-electron chi connectivity index (χ2n) is 7.90. The second kappa shape index (κ2) is 8.25. The number of ether oxygens (including phenoxy) is 1. The van der Waals surface area contributed by atoms with Gasteiger partial charge in [-0.2, -0.15) is 0 Å². The topological polar surface area (TPSA) is 95.9 Å². The van der Waals surface area contributed by atoms with Crippen LogP contribution in [0.3, 0.4) is 0 Å². The number of nitrogens with zero attached hydrogens (tertiary/aromatic N) is 4. The molecule has 0 aliphatic carbocycles. The molecule has 0 saturated carbocycles. The van der Waals surface area contributed by atoms with E-state index < -0.39 is 5.97 Å². The zero-order chi connectivity index (χ0) is 21.1. The Morgan fingerprint density at radius 1 is 1.17 bits per heavy atom. The minimum absolute atomic E-state index is 0.0497. The number of carbonyl (C=O) groups excluding carboxylic acids is 1. The molecule has 2 aromatic rings. The van der Waals surface area contributed by atoms with Gasteiger partial charge in [0.25, 0.3) is 5.91 Å². The highest BCUT2D eigenvalue weighted by Crippen LogP contribution is 2.46. The van der Waals surface area contributed by atoms with Crippen molar-refractivity contribution < 1.29 is 23.8 Å². The number of fused-ring (bicyclic) bond motifs is 1. The molecule has 158 valence electrons. The zero-order valence-electron chi connectivity index (χ0n) is 16.4. The van der Waals surface area contributed by atoms with E-state index in [0.29, 0.717) is 44.3 Å². The molecule has 1 aromatic heterocycles. The predicted molar refractivity (Wildman–Crippen MR) is 106 cm³/mol. The molecule has 0 bridgehead atoms. The quantitative estimate of drug-likeness (QED) is 0.738. The molecule has 2 fully saturated rings. The highest BCUT2D eigenvalue weighted by molar-refractivity contribution is 5.78. The molecule has 30 heavy (non-hydrogen) atoms. The molecular weight excluding hydrogens is 391 g/mol. The Labute approximate surface area is 173 Å². The lowest BCUT2D eigenvalue weighted by Gasteiger charge is -2.29. The number of halogens is 1. The number of rotatable bonds is 7. The molecule has 4 rings (SSSR count). The third kappa shape index (κ3) is 4.19. The largest absolute Gasteiger partial charge is 0.484 e. The Morgan fingerprint density at radius 3 is 2.60 bits per heavy atom. The fraction of sp³-hybridized carbons (Fsp3) is 0.429. The van der Waals surface area contributed by atoms with Crippen molar-refractivity contribution in [2.75, 3.05) is 37.7 Å². The van der Waals surface area contributed by atoms with Crippen LogP contribution in [-0.2, 0) is 9.59 Å². The average molecular weight is 414 g/mol. The number of carbonyl (C=O) groups is 2. The molecule has 2 aliphatic heterocycles. The molecule has 1 N–H and O–H groups in total. The molecule has 0 unspecified atom stereocenters. The van der Waals surface area contributed by atoms with E-state index in [1.165, 1.54) is 24.3 Å². The summed E-state index contributed by atoms with van der Waals surface area (Å²) in [4.78, 5) is 36.4. The number of aliphatic carboxylic acids is 1. The van der Waals surface area contributed by atoms with Gasteiger partial charge in [-0.15, -0.1) is 0 Å². The molecule has 1 amide bonds. The van der Waals surface area contributed by atoms with Gasteiger partial charge in [0.1, 0.15) is 11.6 Å². The molecule has 0 spiro atoms. The van der Waals surface area contributed by atoms with Crippen LogP contribution in [-0.4, -0.2) is 64.6 Å². The number of hydrogen-bond donors (Lipinski definition) is 1. The summed E-state index contributed by atoms with van der Waals surface area (Å²) in [6.45, 7) is 2.15. The summed E-state index contributed by atoms with van der Waals surface area (Å²) in [5.74, 6) is -0.187. The Balaban J connectivity index is 1.42. The number of aromatic nitrogens is 2. The zero-order valence-corrected chi connectivity index (χ0v) is 16.4.